The molecule has 2 fully saturated rings. The first-order valence-corrected chi connectivity index (χ1v) is 9.65. The highest BCUT2D eigenvalue weighted by molar-refractivity contribution is 5.97. The van der Waals surface area contributed by atoms with E-state index in [1.54, 1.807) is 25.3 Å². The number of rotatable bonds is 8. The van der Waals surface area contributed by atoms with Gasteiger partial charge in [-0.2, -0.15) is 0 Å². The minimum atomic E-state index is -0.0830. The number of benzene rings is 1. The molecule has 0 aromatic heterocycles. The molecule has 0 radical (unpaired) electrons. The van der Waals surface area contributed by atoms with Crippen LogP contribution in [0.2, 0.25) is 0 Å². The van der Waals surface area contributed by atoms with Gasteiger partial charge in [0.05, 0.1) is 19.3 Å². The van der Waals surface area contributed by atoms with Crippen LogP contribution in [0.1, 0.15) is 44.9 Å². The van der Waals surface area contributed by atoms with Gasteiger partial charge in [0.2, 0.25) is 11.8 Å². The summed E-state index contributed by atoms with van der Waals surface area (Å²) < 4.78 is 5.35. The van der Waals surface area contributed by atoms with Gasteiger partial charge in [-0.25, -0.2) is 0 Å². The number of carbonyl (C=O) groups is 2. The van der Waals surface area contributed by atoms with Gasteiger partial charge in [-0.15, -0.1) is 12.4 Å². The van der Waals surface area contributed by atoms with Crippen molar-refractivity contribution in [2.75, 3.05) is 30.8 Å². The van der Waals surface area contributed by atoms with Crippen LogP contribution in [0, 0.1) is 11.8 Å². The fraction of sp³-hybridized carbons (Fsp3) is 0.600. The van der Waals surface area contributed by atoms with E-state index in [0.29, 0.717) is 23.7 Å². The predicted octanol–water partition coefficient (Wildman–Crippen LogP) is 3.57. The average molecular weight is 396 g/mol. The van der Waals surface area contributed by atoms with Crippen molar-refractivity contribution < 1.29 is 14.3 Å². The first kappa shape index (κ1) is 21.5. The minimum absolute atomic E-state index is 0. The van der Waals surface area contributed by atoms with E-state index in [1.165, 1.54) is 19.3 Å². The molecular weight excluding hydrogens is 366 g/mol. The van der Waals surface area contributed by atoms with Crippen LogP contribution in [0.4, 0.5) is 11.4 Å². The summed E-state index contributed by atoms with van der Waals surface area (Å²) in [6, 6.07) is 5.32. The summed E-state index contributed by atoms with van der Waals surface area (Å²) in [6.07, 6.45) is 7.84. The van der Waals surface area contributed by atoms with E-state index in [9.17, 15) is 9.59 Å². The Bertz CT molecular complexity index is 643. The first-order valence-electron chi connectivity index (χ1n) is 9.65. The van der Waals surface area contributed by atoms with Gasteiger partial charge in [0.15, 0.2) is 0 Å². The first-order chi connectivity index (χ1) is 12.7. The molecule has 7 heteroatoms. The second kappa shape index (κ2) is 10.5. The molecule has 0 saturated heterocycles. The number of hydrogen-bond acceptors (Lipinski definition) is 4. The third-order valence-corrected chi connectivity index (χ3v) is 5.13. The van der Waals surface area contributed by atoms with Crippen LogP contribution in [-0.4, -0.2) is 32.0 Å². The Kier molecular flexibility index (Phi) is 8.38. The van der Waals surface area contributed by atoms with Gasteiger partial charge < -0.3 is 20.7 Å². The average Bonchev–Trinajstić information content (AvgIpc) is 3.47. The lowest BCUT2D eigenvalue weighted by Crippen LogP contribution is -2.29. The molecule has 0 heterocycles. The molecule has 1 aromatic rings. The van der Waals surface area contributed by atoms with Gasteiger partial charge in [-0.1, -0.05) is 19.3 Å². The van der Waals surface area contributed by atoms with Gasteiger partial charge in [-0.05, 0) is 56.3 Å². The Morgan fingerprint density at radius 3 is 2.48 bits per heavy atom. The van der Waals surface area contributed by atoms with Gasteiger partial charge in [0.25, 0.3) is 0 Å². The Labute approximate surface area is 167 Å². The predicted molar refractivity (Wildman–Crippen MR) is 110 cm³/mol. The summed E-state index contributed by atoms with van der Waals surface area (Å²) in [5, 5.41) is 9.03. The molecule has 1 aromatic carbocycles. The lowest BCUT2D eigenvalue weighted by molar-refractivity contribution is -0.120. The molecule has 0 bridgehead atoms. The standard InChI is InChI=1S/C20H29N3O3.ClH/c1-26-18-10-9-16(22-19(24)13-21-12-14-7-8-14)11-17(18)23-20(25)15-5-3-2-4-6-15;/h9-11,14-15,21H,2-8,12-13H2,1H3,(H,22,24)(H,23,25);1H. The van der Waals surface area contributed by atoms with E-state index in [1.807, 2.05) is 0 Å². The molecule has 3 rings (SSSR count). The topological polar surface area (TPSA) is 79.5 Å². The highest BCUT2D eigenvalue weighted by Gasteiger charge is 2.22. The van der Waals surface area contributed by atoms with Crippen LogP contribution < -0.4 is 20.7 Å². The molecule has 0 spiro atoms. The summed E-state index contributed by atoms with van der Waals surface area (Å²) >= 11 is 0. The number of nitrogens with one attached hydrogen (secondary N) is 3. The normalized spacial score (nSPS) is 16.9. The summed E-state index contributed by atoms with van der Waals surface area (Å²) in [4.78, 5) is 24.6. The van der Waals surface area contributed by atoms with E-state index in [4.69, 9.17) is 4.74 Å². The lowest BCUT2D eigenvalue weighted by atomic mass is 9.88. The number of carbonyl (C=O) groups excluding carboxylic acids is 2. The van der Waals surface area contributed by atoms with E-state index >= 15 is 0 Å². The molecule has 2 aliphatic rings. The molecule has 0 unspecified atom stereocenters. The number of ether oxygens (including phenoxy) is 1. The SMILES string of the molecule is COc1ccc(NC(=O)CNCC2CC2)cc1NC(=O)C1CCCCC1.Cl. The molecule has 6 nitrogen and oxygen atoms in total. The number of halogens is 1. The fourth-order valence-electron chi connectivity index (χ4n) is 3.40. The van der Waals surface area contributed by atoms with Crippen LogP contribution >= 0.6 is 12.4 Å². The third kappa shape index (κ3) is 6.70. The summed E-state index contributed by atoms with van der Waals surface area (Å²) in [7, 11) is 1.58. The van der Waals surface area contributed by atoms with Gasteiger partial charge in [0, 0.05) is 11.6 Å². The van der Waals surface area contributed by atoms with Crippen molar-refractivity contribution in [3.8, 4) is 5.75 Å². The van der Waals surface area contributed by atoms with Crippen LogP contribution in [0.5, 0.6) is 5.75 Å². The Balaban J connectivity index is 0.00000261. The maximum atomic E-state index is 12.5. The Morgan fingerprint density at radius 1 is 1.07 bits per heavy atom. The van der Waals surface area contributed by atoms with E-state index in [0.717, 1.165) is 38.1 Å². The van der Waals surface area contributed by atoms with Gasteiger partial charge in [0.1, 0.15) is 5.75 Å². The van der Waals surface area contributed by atoms with Crippen LogP contribution in [0.15, 0.2) is 18.2 Å². The maximum Gasteiger partial charge on any atom is 0.238 e. The molecule has 0 aliphatic heterocycles. The van der Waals surface area contributed by atoms with Crippen molar-refractivity contribution in [2.24, 2.45) is 11.8 Å². The van der Waals surface area contributed by atoms with E-state index in [2.05, 4.69) is 16.0 Å². The molecule has 0 atom stereocenters. The molecule has 2 amide bonds. The number of methoxy groups -OCH3 is 1. The summed E-state index contributed by atoms with van der Waals surface area (Å²) in [5.74, 6) is 1.36. The van der Waals surface area contributed by atoms with E-state index in [-0.39, 0.29) is 30.1 Å². The second-order valence-corrected chi connectivity index (χ2v) is 7.36. The highest BCUT2D eigenvalue weighted by atomic mass is 35.5. The number of amides is 2. The van der Waals surface area contributed by atoms with Crippen molar-refractivity contribution in [2.45, 2.75) is 44.9 Å². The zero-order chi connectivity index (χ0) is 18.4. The molecule has 150 valence electrons. The molecule has 3 N–H and O–H groups in total. The van der Waals surface area contributed by atoms with Crippen molar-refractivity contribution in [3.05, 3.63) is 18.2 Å². The van der Waals surface area contributed by atoms with Crippen LogP contribution in [-0.2, 0) is 9.59 Å². The lowest BCUT2D eigenvalue weighted by Gasteiger charge is -2.21. The second-order valence-electron chi connectivity index (χ2n) is 7.36. The zero-order valence-corrected chi connectivity index (χ0v) is 16.7. The van der Waals surface area contributed by atoms with E-state index < -0.39 is 0 Å². The molecule has 2 aliphatic carbocycles. The summed E-state index contributed by atoms with van der Waals surface area (Å²) in [6.45, 7) is 1.20. The van der Waals surface area contributed by atoms with Crippen LogP contribution in [0.3, 0.4) is 0 Å². The Hall–Kier alpha value is -1.79. The van der Waals surface area contributed by atoms with Crippen molar-refractivity contribution in [1.82, 2.24) is 5.32 Å². The molecular formula is C20H30ClN3O3. The molecule has 2 saturated carbocycles. The van der Waals surface area contributed by atoms with Crippen molar-refractivity contribution >= 4 is 35.6 Å². The zero-order valence-electron chi connectivity index (χ0n) is 15.9. The smallest absolute Gasteiger partial charge is 0.238 e. The number of anilines is 2. The van der Waals surface area contributed by atoms with Gasteiger partial charge in [-0.3, -0.25) is 9.59 Å². The van der Waals surface area contributed by atoms with Gasteiger partial charge >= 0.3 is 0 Å². The van der Waals surface area contributed by atoms with Crippen molar-refractivity contribution in [1.29, 1.82) is 0 Å². The van der Waals surface area contributed by atoms with Crippen molar-refractivity contribution in [3.63, 3.8) is 0 Å². The fourth-order valence-corrected chi connectivity index (χ4v) is 3.40. The highest BCUT2D eigenvalue weighted by Crippen LogP contribution is 2.31. The number of hydrogen-bond donors (Lipinski definition) is 3. The Morgan fingerprint density at radius 2 is 1.81 bits per heavy atom. The van der Waals surface area contributed by atoms with Crippen LogP contribution in [0.25, 0.3) is 0 Å². The minimum Gasteiger partial charge on any atom is -0.495 e. The maximum absolute atomic E-state index is 12.5. The quantitative estimate of drug-likeness (QED) is 0.628. The summed E-state index contributed by atoms with van der Waals surface area (Å²) in [5.41, 5.74) is 1.26. The third-order valence-electron chi connectivity index (χ3n) is 5.13. The molecule has 27 heavy (non-hydrogen) atoms. The largest absolute Gasteiger partial charge is 0.495 e. The monoisotopic (exact) mass is 395 g/mol.